The summed E-state index contributed by atoms with van der Waals surface area (Å²) in [6.45, 7) is 5.34. The fraction of sp³-hybridized carbons (Fsp3) is 0.647. The Bertz CT molecular complexity index is 439. The summed E-state index contributed by atoms with van der Waals surface area (Å²) < 4.78 is 13.6. The minimum Gasteiger partial charge on any atom is -0.314 e. The highest BCUT2D eigenvalue weighted by Crippen LogP contribution is 2.40. The first kappa shape index (κ1) is 15.8. The molecule has 0 saturated heterocycles. The van der Waals surface area contributed by atoms with Crippen LogP contribution in [0.25, 0.3) is 0 Å². The largest absolute Gasteiger partial charge is 0.314 e. The zero-order valence-electron chi connectivity index (χ0n) is 12.5. The molecule has 1 N–H and O–H groups in total. The van der Waals surface area contributed by atoms with E-state index in [0.29, 0.717) is 11.1 Å². The van der Waals surface area contributed by atoms with Crippen LogP contribution in [0.5, 0.6) is 0 Å². The van der Waals surface area contributed by atoms with Crippen molar-refractivity contribution in [3.63, 3.8) is 0 Å². The number of halogens is 2. The van der Waals surface area contributed by atoms with Crippen molar-refractivity contribution in [2.24, 2.45) is 5.41 Å². The van der Waals surface area contributed by atoms with Crippen LogP contribution >= 0.6 is 11.6 Å². The lowest BCUT2D eigenvalue weighted by molar-refractivity contribution is 0.176. The van der Waals surface area contributed by atoms with Gasteiger partial charge in [-0.1, -0.05) is 56.8 Å². The molecule has 20 heavy (non-hydrogen) atoms. The van der Waals surface area contributed by atoms with Gasteiger partial charge in [0, 0.05) is 12.6 Å². The van der Waals surface area contributed by atoms with Gasteiger partial charge in [-0.2, -0.15) is 0 Å². The molecule has 1 saturated carbocycles. The molecule has 0 heterocycles. The van der Waals surface area contributed by atoms with Crippen molar-refractivity contribution >= 4 is 11.6 Å². The zero-order chi connectivity index (χ0) is 14.6. The topological polar surface area (TPSA) is 12.0 Å². The molecule has 1 aliphatic rings. The van der Waals surface area contributed by atoms with Crippen LogP contribution in [0, 0.1) is 11.2 Å². The second-order valence-electron chi connectivity index (χ2n) is 6.49. The number of rotatable bonds is 5. The van der Waals surface area contributed by atoms with Crippen LogP contribution in [-0.4, -0.2) is 12.6 Å². The molecule has 2 rings (SSSR count). The first-order valence-electron chi connectivity index (χ1n) is 7.69. The maximum Gasteiger partial charge on any atom is 0.142 e. The fourth-order valence-electron chi connectivity index (χ4n) is 3.23. The Labute approximate surface area is 126 Å². The quantitative estimate of drug-likeness (QED) is 0.809. The van der Waals surface area contributed by atoms with Gasteiger partial charge < -0.3 is 5.32 Å². The first-order valence-corrected chi connectivity index (χ1v) is 8.06. The van der Waals surface area contributed by atoms with Gasteiger partial charge in [0.1, 0.15) is 5.82 Å². The van der Waals surface area contributed by atoms with Gasteiger partial charge in [-0.25, -0.2) is 4.39 Å². The second-order valence-corrected chi connectivity index (χ2v) is 6.86. The van der Waals surface area contributed by atoms with Gasteiger partial charge in [-0.3, -0.25) is 0 Å². The molecule has 0 amide bonds. The average Bonchev–Trinajstić information content (AvgIpc) is 2.43. The predicted molar refractivity (Wildman–Crippen MR) is 83.8 cm³/mol. The van der Waals surface area contributed by atoms with E-state index in [9.17, 15) is 4.39 Å². The van der Waals surface area contributed by atoms with E-state index < -0.39 is 0 Å². The summed E-state index contributed by atoms with van der Waals surface area (Å²) in [6.07, 6.45) is 7.15. The number of benzene rings is 1. The smallest absolute Gasteiger partial charge is 0.142 e. The van der Waals surface area contributed by atoms with Crippen LogP contribution in [0.2, 0.25) is 5.02 Å². The molecule has 0 aliphatic heterocycles. The molecule has 1 aromatic rings. The molecule has 1 aromatic carbocycles. The molecule has 1 aliphatic carbocycles. The third-order valence-corrected chi connectivity index (χ3v) is 4.82. The molecule has 3 heteroatoms. The molecule has 112 valence electrons. The van der Waals surface area contributed by atoms with Crippen molar-refractivity contribution in [2.45, 2.75) is 58.4 Å². The summed E-state index contributed by atoms with van der Waals surface area (Å²) >= 11 is 6.14. The summed E-state index contributed by atoms with van der Waals surface area (Å²) in [6, 6.07) is 5.66. The lowest BCUT2D eigenvalue weighted by Gasteiger charge is -2.38. The normalized spacial score (nSPS) is 18.4. The monoisotopic (exact) mass is 297 g/mol. The number of hydrogen-bond acceptors (Lipinski definition) is 1. The average molecular weight is 298 g/mol. The van der Waals surface area contributed by atoms with Gasteiger partial charge in [0.15, 0.2) is 0 Å². The Kier molecular flexibility index (Phi) is 5.45. The molecule has 0 atom stereocenters. The number of nitrogens with one attached hydrogen (secondary N) is 1. The van der Waals surface area contributed by atoms with Gasteiger partial charge >= 0.3 is 0 Å². The van der Waals surface area contributed by atoms with Gasteiger partial charge in [0.2, 0.25) is 0 Å². The highest BCUT2D eigenvalue weighted by atomic mass is 35.5. The first-order chi connectivity index (χ1) is 9.52. The minimum atomic E-state index is -0.299. The Balaban J connectivity index is 2.16. The lowest BCUT2D eigenvalue weighted by Crippen LogP contribution is -2.40. The zero-order valence-corrected chi connectivity index (χ0v) is 13.3. The minimum absolute atomic E-state index is 0.236. The Morgan fingerprint density at radius 3 is 2.60 bits per heavy atom. The van der Waals surface area contributed by atoms with Gasteiger partial charge in [0.05, 0.1) is 5.02 Å². The molecule has 0 spiro atoms. The maximum absolute atomic E-state index is 13.6. The summed E-state index contributed by atoms with van der Waals surface area (Å²) in [7, 11) is 0. The molecule has 0 unspecified atom stereocenters. The third kappa shape index (κ3) is 3.95. The highest BCUT2D eigenvalue weighted by Gasteiger charge is 2.32. The predicted octanol–water partition coefficient (Wildman–Crippen LogP) is 4.97. The molecular weight excluding hydrogens is 273 g/mol. The van der Waals surface area contributed by atoms with Gasteiger partial charge in [-0.15, -0.1) is 0 Å². The summed E-state index contributed by atoms with van der Waals surface area (Å²) in [5, 5.41) is 3.88. The van der Waals surface area contributed by atoms with Crippen LogP contribution in [0.1, 0.15) is 51.5 Å². The lowest BCUT2D eigenvalue weighted by atomic mass is 9.70. The van der Waals surface area contributed by atoms with Crippen LogP contribution in [0.3, 0.4) is 0 Å². The summed E-state index contributed by atoms with van der Waals surface area (Å²) in [5.41, 5.74) is 1.19. The van der Waals surface area contributed by atoms with E-state index in [2.05, 4.69) is 19.2 Å². The van der Waals surface area contributed by atoms with Crippen molar-refractivity contribution < 1.29 is 4.39 Å². The van der Waals surface area contributed by atoms with Crippen LogP contribution in [0.4, 0.5) is 4.39 Å². The molecule has 1 nitrogen and oxygen atoms in total. The summed E-state index contributed by atoms with van der Waals surface area (Å²) in [4.78, 5) is 0. The van der Waals surface area contributed by atoms with Crippen LogP contribution in [-0.2, 0) is 6.42 Å². The standard InChI is InChI=1S/C17H25ClFN/c1-13(2)20-12-17(9-4-3-5-10-17)11-14-7-6-8-15(19)16(14)18/h6-8,13,20H,3-5,9-12H2,1-2H3. The van der Waals surface area contributed by atoms with Crippen molar-refractivity contribution in [1.82, 2.24) is 5.32 Å². The van der Waals surface area contributed by atoms with Gasteiger partial charge in [0.25, 0.3) is 0 Å². The van der Waals surface area contributed by atoms with Gasteiger partial charge in [-0.05, 0) is 36.3 Å². The van der Waals surface area contributed by atoms with E-state index in [-0.39, 0.29) is 11.2 Å². The summed E-state index contributed by atoms with van der Waals surface area (Å²) in [5.74, 6) is -0.299. The van der Waals surface area contributed by atoms with E-state index >= 15 is 0 Å². The van der Waals surface area contributed by atoms with Crippen molar-refractivity contribution in [1.29, 1.82) is 0 Å². The SMILES string of the molecule is CC(C)NCC1(Cc2cccc(F)c2Cl)CCCCC1. The molecule has 1 fully saturated rings. The van der Waals surface area contributed by atoms with E-state index in [4.69, 9.17) is 11.6 Å². The third-order valence-electron chi connectivity index (χ3n) is 4.40. The Morgan fingerprint density at radius 1 is 1.25 bits per heavy atom. The Hall–Kier alpha value is -0.600. The fourth-order valence-corrected chi connectivity index (χ4v) is 3.42. The molecule has 0 bridgehead atoms. The molecule has 0 radical (unpaired) electrons. The highest BCUT2D eigenvalue weighted by molar-refractivity contribution is 6.31. The van der Waals surface area contributed by atoms with E-state index in [0.717, 1.165) is 18.5 Å². The second kappa shape index (κ2) is 6.91. The van der Waals surface area contributed by atoms with E-state index in [1.807, 2.05) is 6.07 Å². The molecule has 0 aromatic heterocycles. The van der Waals surface area contributed by atoms with Crippen LogP contribution in [0.15, 0.2) is 18.2 Å². The Morgan fingerprint density at radius 2 is 1.95 bits per heavy atom. The van der Waals surface area contributed by atoms with Crippen LogP contribution < -0.4 is 5.32 Å². The molecular formula is C17H25ClFN. The van der Waals surface area contributed by atoms with Crippen molar-refractivity contribution in [2.75, 3.05) is 6.54 Å². The number of hydrogen-bond donors (Lipinski definition) is 1. The van der Waals surface area contributed by atoms with E-state index in [1.165, 1.54) is 38.2 Å². The maximum atomic E-state index is 13.6. The van der Waals surface area contributed by atoms with Crippen molar-refractivity contribution in [3.05, 3.63) is 34.6 Å². The van der Waals surface area contributed by atoms with Crippen molar-refractivity contribution in [3.8, 4) is 0 Å². The van der Waals surface area contributed by atoms with E-state index in [1.54, 1.807) is 6.07 Å².